The lowest BCUT2D eigenvalue weighted by Gasteiger charge is -2.09. The Hall–Kier alpha value is -3.54. The molecule has 28 heavy (non-hydrogen) atoms. The third-order valence-electron chi connectivity index (χ3n) is 4.92. The number of ketones is 1. The van der Waals surface area contributed by atoms with E-state index in [2.05, 4.69) is 10.5 Å². The lowest BCUT2D eigenvalue weighted by atomic mass is 10.1. The molecule has 0 unspecified atom stereocenters. The zero-order valence-corrected chi connectivity index (χ0v) is 15.5. The third kappa shape index (κ3) is 3.03. The number of rotatable bonds is 3. The molecule has 0 bridgehead atoms. The third-order valence-corrected chi connectivity index (χ3v) is 4.92. The fourth-order valence-corrected chi connectivity index (χ4v) is 3.58. The monoisotopic (exact) mass is 375 g/mol. The second-order valence-corrected chi connectivity index (χ2v) is 6.74. The molecule has 1 N–H and O–H groups in total. The Labute approximate surface area is 161 Å². The normalized spacial score (nSPS) is 14.4. The highest BCUT2D eigenvalue weighted by Gasteiger charge is 2.25. The summed E-state index contributed by atoms with van der Waals surface area (Å²) in [6.07, 6.45) is 0.175. The number of hydrogen-bond acceptors (Lipinski definition) is 3. The minimum atomic E-state index is -0.356. The van der Waals surface area contributed by atoms with E-state index in [1.807, 2.05) is 36.6 Å². The van der Waals surface area contributed by atoms with Gasteiger partial charge in [-0.25, -0.2) is 9.82 Å². The van der Waals surface area contributed by atoms with Crippen LogP contribution in [-0.2, 0) is 0 Å². The van der Waals surface area contributed by atoms with E-state index in [1.165, 1.54) is 12.1 Å². The van der Waals surface area contributed by atoms with Crippen LogP contribution in [0.5, 0.6) is 0 Å². The fraction of sp³-hybridized carbons (Fsp3) is 0.136. The van der Waals surface area contributed by atoms with Crippen LogP contribution in [0.4, 0.5) is 4.39 Å². The molecule has 1 aliphatic carbocycles. The molecule has 6 heteroatoms. The highest BCUT2D eigenvalue weighted by molar-refractivity contribution is 6.26. The lowest BCUT2D eigenvalue weighted by molar-refractivity contribution is 0.0951. The van der Waals surface area contributed by atoms with Gasteiger partial charge in [0.05, 0.1) is 17.7 Å². The van der Waals surface area contributed by atoms with Crippen molar-refractivity contribution < 1.29 is 14.0 Å². The van der Waals surface area contributed by atoms with E-state index in [0.717, 1.165) is 22.6 Å². The Morgan fingerprint density at radius 1 is 1.07 bits per heavy atom. The first kappa shape index (κ1) is 17.9. The number of nitrogens with one attached hydrogen (secondary N) is 1. The first-order chi connectivity index (χ1) is 13.5. The molecule has 4 rings (SSSR count). The minimum absolute atomic E-state index is 0.00177. The number of fused-ring (bicyclic) bond motifs is 1. The van der Waals surface area contributed by atoms with Crippen molar-refractivity contribution in [3.8, 4) is 5.69 Å². The Morgan fingerprint density at radius 2 is 1.75 bits per heavy atom. The van der Waals surface area contributed by atoms with Gasteiger partial charge in [0.25, 0.3) is 5.91 Å². The quantitative estimate of drug-likeness (QED) is 0.705. The second-order valence-electron chi connectivity index (χ2n) is 6.74. The highest BCUT2D eigenvalue weighted by atomic mass is 19.1. The summed E-state index contributed by atoms with van der Waals surface area (Å²) in [6.45, 7) is 3.71. The summed E-state index contributed by atoms with van der Waals surface area (Å²) in [5.74, 6) is -0.671. The van der Waals surface area contributed by atoms with Gasteiger partial charge in [-0.05, 0) is 44.2 Å². The molecule has 0 atom stereocenters. The molecule has 0 radical (unpaired) electrons. The number of hydrogen-bond donors (Lipinski definition) is 1. The number of amides is 1. The van der Waals surface area contributed by atoms with Crippen molar-refractivity contribution in [2.45, 2.75) is 20.3 Å². The molecule has 2 aromatic carbocycles. The van der Waals surface area contributed by atoms with Gasteiger partial charge in [-0.2, -0.15) is 5.10 Å². The molecular weight excluding hydrogens is 357 g/mol. The SMILES string of the molecule is Cc1cc(C(=O)N/N=C2/CC(=O)c3ccccc32)c(C)n1-c1ccc(F)cc1. The molecular formula is C22H18FN3O2. The number of benzene rings is 2. The molecule has 140 valence electrons. The van der Waals surface area contributed by atoms with Crippen LogP contribution < -0.4 is 5.43 Å². The predicted octanol–water partition coefficient (Wildman–Crippen LogP) is 3.95. The first-order valence-electron chi connectivity index (χ1n) is 8.90. The Kier molecular flexibility index (Phi) is 4.39. The maximum Gasteiger partial charge on any atom is 0.273 e. The molecule has 0 aliphatic heterocycles. The van der Waals surface area contributed by atoms with Crippen molar-refractivity contribution in [2.24, 2.45) is 5.10 Å². The number of carbonyl (C=O) groups excluding carboxylic acids is 2. The van der Waals surface area contributed by atoms with Crippen LogP contribution in [0.25, 0.3) is 5.69 Å². The predicted molar refractivity (Wildman–Crippen MR) is 105 cm³/mol. The molecule has 1 amide bonds. The summed E-state index contributed by atoms with van der Waals surface area (Å²) in [5.41, 5.74) is 7.34. The molecule has 1 aliphatic rings. The van der Waals surface area contributed by atoms with Gasteiger partial charge < -0.3 is 4.57 Å². The van der Waals surface area contributed by atoms with Crippen molar-refractivity contribution in [2.75, 3.05) is 0 Å². The van der Waals surface area contributed by atoms with E-state index in [-0.39, 0.29) is 23.9 Å². The maximum atomic E-state index is 13.2. The Balaban J connectivity index is 1.61. The molecule has 0 saturated heterocycles. The van der Waals surface area contributed by atoms with Crippen LogP contribution in [0.15, 0.2) is 59.7 Å². The minimum Gasteiger partial charge on any atom is -0.318 e. The van der Waals surface area contributed by atoms with Gasteiger partial charge in [0.15, 0.2) is 5.78 Å². The summed E-state index contributed by atoms with van der Waals surface area (Å²) in [7, 11) is 0. The van der Waals surface area contributed by atoms with Crippen LogP contribution in [-0.4, -0.2) is 22.0 Å². The highest BCUT2D eigenvalue weighted by Crippen LogP contribution is 2.23. The molecule has 5 nitrogen and oxygen atoms in total. The number of carbonyl (C=O) groups is 2. The first-order valence-corrected chi connectivity index (χ1v) is 8.90. The zero-order valence-electron chi connectivity index (χ0n) is 15.5. The molecule has 0 saturated carbocycles. The van der Waals surface area contributed by atoms with Gasteiger partial charge in [0.1, 0.15) is 5.82 Å². The van der Waals surface area contributed by atoms with Crippen molar-refractivity contribution in [3.05, 3.63) is 88.5 Å². The lowest BCUT2D eigenvalue weighted by Crippen LogP contribution is -2.20. The van der Waals surface area contributed by atoms with Crippen molar-refractivity contribution >= 4 is 17.4 Å². The Morgan fingerprint density at radius 3 is 2.46 bits per heavy atom. The summed E-state index contributed by atoms with van der Waals surface area (Å²) in [6, 6.07) is 15.1. The van der Waals surface area contributed by atoms with Gasteiger partial charge in [-0.1, -0.05) is 24.3 Å². The average molecular weight is 375 g/mol. The second kappa shape index (κ2) is 6.88. The number of hydrazone groups is 1. The smallest absolute Gasteiger partial charge is 0.273 e. The van der Waals surface area contributed by atoms with E-state index >= 15 is 0 Å². The summed E-state index contributed by atoms with van der Waals surface area (Å²) >= 11 is 0. The van der Waals surface area contributed by atoms with E-state index < -0.39 is 0 Å². The van der Waals surface area contributed by atoms with Gasteiger partial charge in [-0.3, -0.25) is 9.59 Å². The standard InChI is InChI=1S/C22H18FN3O2/c1-13-11-19(14(2)26(13)16-9-7-15(23)8-10-16)22(28)25-24-20-12-21(27)18-6-4-3-5-17(18)20/h3-11H,12H2,1-2H3,(H,25,28)/b24-20-. The van der Waals surface area contributed by atoms with Gasteiger partial charge in [-0.15, -0.1) is 0 Å². The van der Waals surface area contributed by atoms with E-state index in [0.29, 0.717) is 16.8 Å². The summed E-state index contributed by atoms with van der Waals surface area (Å²) in [5, 5.41) is 4.19. The zero-order chi connectivity index (χ0) is 19.8. The van der Waals surface area contributed by atoms with Crippen LogP contribution in [0.2, 0.25) is 0 Å². The van der Waals surface area contributed by atoms with Crippen molar-refractivity contribution in [3.63, 3.8) is 0 Å². The number of aromatic nitrogens is 1. The van der Waals surface area contributed by atoms with Crippen LogP contribution in [0.3, 0.4) is 0 Å². The topological polar surface area (TPSA) is 63.5 Å². The largest absolute Gasteiger partial charge is 0.318 e. The molecule has 1 aromatic heterocycles. The number of aryl methyl sites for hydroxylation is 1. The molecule has 0 fully saturated rings. The maximum absolute atomic E-state index is 13.2. The van der Waals surface area contributed by atoms with Crippen LogP contribution in [0, 0.1) is 19.7 Å². The number of Topliss-reactive ketones (excluding diaryl/α,β-unsaturated/α-hetero) is 1. The van der Waals surface area contributed by atoms with E-state index in [4.69, 9.17) is 0 Å². The number of halogens is 1. The van der Waals surface area contributed by atoms with Crippen LogP contribution >= 0.6 is 0 Å². The molecule has 1 heterocycles. The molecule has 3 aromatic rings. The summed E-state index contributed by atoms with van der Waals surface area (Å²) < 4.78 is 15.1. The van der Waals surface area contributed by atoms with Crippen molar-refractivity contribution in [1.82, 2.24) is 9.99 Å². The van der Waals surface area contributed by atoms with E-state index in [1.54, 1.807) is 24.3 Å². The Bertz CT molecular complexity index is 1130. The summed E-state index contributed by atoms with van der Waals surface area (Å²) in [4.78, 5) is 24.7. The van der Waals surface area contributed by atoms with Crippen LogP contribution in [0.1, 0.15) is 44.1 Å². The molecule has 0 spiro atoms. The van der Waals surface area contributed by atoms with Gasteiger partial charge in [0.2, 0.25) is 0 Å². The van der Waals surface area contributed by atoms with Crippen molar-refractivity contribution in [1.29, 1.82) is 0 Å². The fourth-order valence-electron chi connectivity index (χ4n) is 3.58. The van der Waals surface area contributed by atoms with Gasteiger partial charge >= 0.3 is 0 Å². The average Bonchev–Trinajstić information content (AvgIpc) is 3.17. The number of nitrogens with zero attached hydrogens (tertiary/aromatic N) is 2. The van der Waals surface area contributed by atoms with Gasteiger partial charge in [0, 0.05) is 28.2 Å². The van der Waals surface area contributed by atoms with E-state index in [9.17, 15) is 14.0 Å².